The number of nitrogens with zero attached hydrogens (tertiary/aromatic N) is 5. The number of halogens is 1. The summed E-state index contributed by atoms with van der Waals surface area (Å²) in [5.41, 5.74) is 1.96. The molecule has 0 saturated heterocycles. The quantitative estimate of drug-likeness (QED) is 0.776. The Morgan fingerprint density at radius 2 is 2.09 bits per heavy atom. The lowest BCUT2D eigenvalue weighted by molar-refractivity contribution is 0.102. The summed E-state index contributed by atoms with van der Waals surface area (Å²) in [6.07, 6.45) is 2.91. The van der Waals surface area contributed by atoms with Gasteiger partial charge in [0.2, 0.25) is 0 Å². The number of hydrogen-bond donors (Lipinski definition) is 1. The largest absolute Gasteiger partial charge is 0.321 e. The molecule has 0 fully saturated rings. The molecule has 0 aliphatic rings. The molecular weight excluding hydrogens is 348 g/mol. The Morgan fingerprint density at radius 1 is 1.23 bits per heavy atom. The van der Waals surface area contributed by atoms with Gasteiger partial charge in [-0.05, 0) is 42.8 Å². The minimum Gasteiger partial charge on any atom is -0.321 e. The number of amides is 1. The van der Waals surface area contributed by atoms with Crippen LogP contribution in [0.4, 0.5) is 5.69 Å². The molecule has 2 aromatic heterocycles. The lowest BCUT2D eigenvalue weighted by atomic mass is 10.2. The molecule has 0 radical (unpaired) electrons. The summed E-state index contributed by atoms with van der Waals surface area (Å²) in [4.78, 5) is 16.0. The highest BCUT2D eigenvalue weighted by atomic mass is 79.9. The number of rotatable bonds is 3. The molecule has 0 saturated carbocycles. The van der Waals surface area contributed by atoms with Crippen LogP contribution < -0.4 is 5.32 Å². The van der Waals surface area contributed by atoms with E-state index in [1.54, 1.807) is 12.1 Å². The molecule has 0 aliphatic carbocycles. The molecular formula is C14H11BrN6O. The average molecular weight is 359 g/mol. The zero-order chi connectivity index (χ0) is 15.5. The van der Waals surface area contributed by atoms with Crippen molar-refractivity contribution < 1.29 is 4.79 Å². The van der Waals surface area contributed by atoms with Gasteiger partial charge in [0.15, 0.2) is 11.5 Å². The molecule has 7 nitrogen and oxygen atoms in total. The molecule has 0 bridgehead atoms. The minimum atomic E-state index is -0.320. The van der Waals surface area contributed by atoms with Crippen LogP contribution in [0, 0.1) is 6.92 Å². The maximum Gasteiger partial charge on any atom is 0.276 e. The number of benzene rings is 1. The van der Waals surface area contributed by atoms with Crippen LogP contribution in [0.1, 0.15) is 16.1 Å². The topological polar surface area (TPSA) is 85.6 Å². The van der Waals surface area contributed by atoms with Crippen LogP contribution >= 0.6 is 15.9 Å². The molecule has 3 rings (SSSR count). The number of carbonyl (C=O) groups is 1. The second-order valence-electron chi connectivity index (χ2n) is 4.53. The average Bonchev–Trinajstić information content (AvgIpc) is 3.05. The van der Waals surface area contributed by atoms with E-state index in [2.05, 4.69) is 41.5 Å². The highest BCUT2D eigenvalue weighted by Crippen LogP contribution is 2.20. The third kappa shape index (κ3) is 3.01. The summed E-state index contributed by atoms with van der Waals surface area (Å²) >= 11 is 3.42. The number of nitrogens with one attached hydrogen (secondary N) is 1. The van der Waals surface area contributed by atoms with E-state index < -0.39 is 0 Å². The Balaban J connectivity index is 1.76. The lowest BCUT2D eigenvalue weighted by Crippen LogP contribution is -2.15. The molecule has 1 amide bonds. The van der Waals surface area contributed by atoms with Crippen LogP contribution in [0.15, 0.2) is 47.5 Å². The summed E-state index contributed by atoms with van der Waals surface area (Å²) in [6.45, 7) is 1.95. The standard InChI is InChI=1S/C14H11BrN6O/c1-9-6-10(2-3-11(9)15)18-14(22)12-4-5-13(20-19-12)21-8-16-7-17-21/h2-8H,1H3,(H,18,22). The van der Waals surface area contributed by atoms with Crippen LogP contribution in [0.3, 0.4) is 0 Å². The molecule has 0 unspecified atom stereocenters. The lowest BCUT2D eigenvalue weighted by Gasteiger charge is -2.06. The van der Waals surface area contributed by atoms with E-state index in [1.165, 1.54) is 17.3 Å². The van der Waals surface area contributed by atoms with Gasteiger partial charge in [-0.2, -0.15) is 5.10 Å². The predicted octanol–water partition coefficient (Wildman–Crippen LogP) is 2.38. The number of aryl methyl sites for hydroxylation is 1. The van der Waals surface area contributed by atoms with Crippen LogP contribution in [-0.4, -0.2) is 30.9 Å². The van der Waals surface area contributed by atoms with Crippen molar-refractivity contribution in [1.29, 1.82) is 0 Å². The van der Waals surface area contributed by atoms with Gasteiger partial charge in [-0.3, -0.25) is 4.79 Å². The first kappa shape index (κ1) is 14.3. The fourth-order valence-corrected chi connectivity index (χ4v) is 2.06. The van der Waals surface area contributed by atoms with Crippen molar-refractivity contribution in [3.05, 3.63) is 58.7 Å². The van der Waals surface area contributed by atoms with Crippen LogP contribution in [0.25, 0.3) is 5.82 Å². The number of hydrogen-bond acceptors (Lipinski definition) is 5. The van der Waals surface area contributed by atoms with Crippen LogP contribution in [0.2, 0.25) is 0 Å². The molecule has 8 heteroatoms. The Morgan fingerprint density at radius 3 is 2.73 bits per heavy atom. The first-order valence-electron chi connectivity index (χ1n) is 6.40. The van der Waals surface area contributed by atoms with Gasteiger partial charge in [-0.25, -0.2) is 9.67 Å². The molecule has 3 aromatic rings. The summed E-state index contributed by atoms with van der Waals surface area (Å²) < 4.78 is 2.45. The molecule has 2 heterocycles. The predicted molar refractivity (Wildman–Crippen MR) is 83.8 cm³/mol. The Hall–Kier alpha value is -2.61. The van der Waals surface area contributed by atoms with Crippen LogP contribution in [-0.2, 0) is 0 Å². The maximum absolute atomic E-state index is 12.1. The molecule has 1 N–H and O–H groups in total. The fraction of sp³-hybridized carbons (Fsp3) is 0.0714. The van der Waals surface area contributed by atoms with Crippen molar-refractivity contribution in [3.63, 3.8) is 0 Å². The van der Waals surface area contributed by atoms with Gasteiger partial charge in [-0.15, -0.1) is 10.2 Å². The second kappa shape index (κ2) is 6.02. The SMILES string of the molecule is Cc1cc(NC(=O)c2ccc(-n3cncn3)nn2)ccc1Br. The highest BCUT2D eigenvalue weighted by molar-refractivity contribution is 9.10. The van der Waals surface area contributed by atoms with E-state index in [0.29, 0.717) is 11.5 Å². The van der Waals surface area contributed by atoms with Gasteiger partial charge in [-0.1, -0.05) is 15.9 Å². The molecule has 0 aliphatic heterocycles. The van der Waals surface area contributed by atoms with Gasteiger partial charge in [0.25, 0.3) is 5.91 Å². The molecule has 0 spiro atoms. The van der Waals surface area contributed by atoms with E-state index in [4.69, 9.17) is 0 Å². The van der Waals surface area contributed by atoms with Gasteiger partial charge >= 0.3 is 0 Å². The zero-order valence-corrected chi connectivity index (χ0v) is 13.1. The first-order chi connectivity index (χ1) is 10.6. The summed E-state index contributed by atoms with van der Waals surface area (Å²) in [5.74, 6) is 0.174. The van der Waals surface area contributed by atoms with Crippen molar-refractivity contribution in [1.82, 2.24) is 25.0 Å². The fourth-order valence-electron chi connectivity index (χ4n) is 1.81. The number of aromatic nitrogens is 5. The van der Waals surface area contributed by atoms with Crippen LogP contribution in [0.5, 0.6) is 0 Å². The smallest absolute Gasteiger partial charge is 0.276 e. The molecule has 1 aromatic carbocycles. The third-order valence-electron chi connectivity index (χ3n) is 2.95. The summed E-state index contributed by atoms with van der Waals surface area (Å²) in [7, 11) is 0. The van der Waals surface area contributed by atoms with E-state index in [1.807, 2.05) is 25.1 Å². The van der Waals surface area contributed by atoms with Crippen molar-refractivity contribution in [2.75, 3.05) is 5.32 Å². The Bertz CT molecular complexity index is 801. The van der Waals surface area contributed by atoms with E-state index in [0.717, 1.165) is 10.0 Å². The zero-order valence-electron chi connectivity index (χ0n) is 11.6. The van der Waals surface area contributed by atoms with Gasteiger partial charge in [0.1, 0.15) is 12.7 Å². The number of carbonyl (C=O) groups excluding carboxylic acids is 1. The molecule has 22 heavy (non-hydrogen) atoms. The first-order valence-corrected chi connectivity index (χ1v) is 7.19. The second-order valence-corrected chi connectivity index (χ2v) is 5.39. The Kier molecular flexibility index (Phi) is 3.92. The highest BCUT2D eigenvalue weighted by Gasteiger charge is 2.10. The van der Waals surface area contributed by atoms with Crippen molar-refractivity contribution >= 4 is 27.5 Å². The van der Waals surface area contributed by atoms with Crippen molar-refractivity contribution in [3.8, 4) is 5.82 Å². The minimum absolute atomic E-state index is 0.226. The maximum atomic E-state index is 12.1. The van der Waals surface area contributed by atoms with Crippen molar-refractivity contribution in [2.24, 2.45) is 0 Å². The summed E-state index contributed by atoms with van der Waals surface area (Å²) in [6, 6.07) is 8.81. The third-order valence-corrected chi connectivity index (χ3v) is 3.84. The number of anilines is 1. The monoisotopic (exact) mass is 358 g/mol. The van der Waals surface area contributed by atoms with Gasteiger partial charge in [0, 0.05) is 10.2 Å². The molecule has 110 valence electrons. The summed E-state index contributed by atoms with van der Waals surface area (Å²) in [5, 5.41) is 14.6. The molecule has 0 atom stereocenters. The van der Waals surface area contributed by atoms with Gasteiger partial charge < -0.3 is 5.32 Å². The Labute approximate surface area is 134 Å². The van der Waals surface area contributed by atoms with E-state index in [9.17, 15) is 4.79 Å². The van der Waals surface area contributed by atoms with E-state index in [-0.39, 0.29) is 11.6 Å². The van der Waals surface area contributed by atoms with Crippen molar-refractivity contribution in [2.45, 2.75) is 6.92 Å². The van der Waals surface area contributed by atoms with E-state index >= 15 is 0 Å². The van der Waals surface area contributed by atoms with Gasteiger partial charge in [0.05, 0.1) is 0 Å². The normalized spacial score (nSPS) is 10.5.